The van der Waals surface area contributed by atoms with E-state index in [1.54, 1.807) is 0 Å². The molecule has 8 nitrogen and oxygen atoms in total. The van der Waals surface area contributed by atoms with E-state index in [4.69, 9.17) is 14.2 Å². The normalized spacial score (nSPS) is 13.1. The summed E-state index contributed by atoms with van der Waals surface area (Å²) >= 11 is 0. The van der Waals surface area contributed by atoms with Crippen molar-refractivity contribution in [2.75, 3.05) is 41.0 Å². The molecule has 402 valence electrons. The number of allylic oxidation sites excluding steroid dienone is 8. The molecule has 0 aromatic carbocycles. The van der Waals surface area contributed by atoms with Gasteiger partial charge in [0.2, 0.25) is 0 Å². The van der Waals surface area contributed by atoms with Crippen LogP contribution >= 0.6 is 0 Å². The number of hydrogen-bond acceptors (Lipinski definition) is 7. The predicted molar refractivity (Wildman–Crippen MR) is 291 cm³/mol. The molecule has 0 bridgehead atoms. The van der Waals surface area contributed by atoms with Crippen molar-refractivity contribution in [2.24, 2.45) is 0 Å². The van der Waals surface area contributed by atoms with Crippen molar-refractivity contribution in [3.05, 3.63) is 48.6 Å². The van der Waals surface area contributed by atoms with Gasteiger partial charge < -0.3 is 28.6 Å². The molecule has 0 aliphatic rings. The van der Waals surface area contributed by atoms with Gasteiger partial charge in [0.1, 0.15) is 12.6 Å². The molecule has 2 atom stereocenters. The molecule has 0 aliphatic heterocycles. The zero-order valence-corrected chi connectivity index (χ0v) is 46.0. The van der Waals surface area contributed by atoms with Crippen LogP contribution in [0.2, 0.25) is 0 Å². The van der Waals surface area contributed by atoms with Gasteiger partial charge in [-0.2, -0.15) is 0 Å². The molecule has 0 aliphatic carbocycles. The topological polar surface area (TPSA) is 102 Å². The van der Waals surface area contributed by atoms with Gasteiger partial charge in [-0.15, -0.1) is 0 Å². The molecule has 0 spiro atoms. The first-order chi connectivity index (χ1) is 33.6. The first-order valence-corrected chi connectivity index (χ1v) is 29.2. The van der Waals surface area contributed by atoms with Crippen LogP contribution in [0.5, 0.6) is 0 Å². The number of carbonyl (C=O) groups is 3. The predicted octanol–water partition coefficient (Wildman–Crippen LogP) is 16.2. The lowest BCUT2D eigenvalue weighted by Crippen LogP contribution is -2.55. The second-order valence-electron chi connectivity index (χ2n) is 20.9. The van der Waals surface area contributed by atoms with Gasteiger partial charge in [-0.25, -0.2) is 0 Å². The molecule has 0 radical (unpaired) electrons. The van der Waals surface area contributed by atoms with Crippen molar-refractivity contribution < 1.29 is 38.2 Å². The molecule has 0 aromatic rings. The van der Waals surface area contributed by atoms with E-state index < -0.39 is 18.1 Å². The Hall–Kier alpha value is -2.71. The molecule has 0 fully saturated rings. The van der Waals surface area contributed by atoms with Crippen LogP contribution in [0, 0.1) is 0 Å². The molecular weight excluding hydrogens is 859 g/mol. The summed E-state index contributed by atoms with van der Waals surface area (Å²) in [6, 6.07) is -0.728. The van der Waals surface area contributed by atoms with Gasteiger partial charge in [0.25, 0.3) is 0 Å². The first-order valence-electron chi connectivity index (χ1n) is 29.2. The van der Waals surface area contributed by atoms with E-state index in [0.29, 0.717) is 12.8 Å². The van der Waals surface area contributed by atoms with Crippen LogP contribution in [0.15, 0.2) is 48.6 Å². The minimum Gasteiger partial charge on any atom is -0.544 e. The Balaban J connectivity index is 4.14. The monoisotopic (exact) mass is 970 g/mol. The highest BCUT2D eigenvalue weighted by Crippen LogP contribution is 2.17. The average Bonchev–Trinajstić information content (AvgIpc) is 3.31. The summed E-state index contributed by atoms with van der Waals surface area (Å²) < 4.78 is 17.3. The summed E-state index contributed by atoms with van der Waals surface area (Å²) in [5, 5.41) is 11.7. The van der Waals surface area contributed by atoms with E-state index in [9.17, 15) is 19.5 Å². The van der Waals surface area contributed by atoms with E-state index in [1.165, 1.54) is 167 Å². The third-order valence-electron chi connectivity index (χ3n) is 13.2. The largest absolute Gasteiger partial charge is 0.544 e. The molecule has 0 saturated carbocycles. The summed E-state index contributed by atoms with van der Waals surface area (Å²) in [6.45, 7) is 4.59. The van der Waals surface area contributed by atoms with Crippen LogP contribution < -0.4 is 5.11 Å². The number of esters is 2. The zero-order chi connectivity index (χ0) is 50.6. The van der Waals surface area contributed by atoms with E-state index in [2.05, 4.69) is 62.5 Å². The summed E-state index contributed by atoms with van der Waals surface area (Å²) in [5.41, 5.74) is 0. The Morgan fingerprint density at radius 2 is 0.812 bits per heavy atom. The lowest BCUT2D eigenvalue weighted by atomic mass is 10.0. The number of likely N-dealkylation sites (N-methyl/N-ethyl adjacent to an activating group) is 1. The standard InChI is InChI=1S/C61H111NO7/c1-6-8-10-12-14-16-18-20-22-24-26-28-30-32-33-35-37-39-41-43-45-47-49-51-59(63)68-56-57(55-67-54-53-58(61(65)66)62(3,4)5)69-60(64)52-50-48-46-44-42-40-38-36-34-31-29-27-25-23-21-19-17-15-13-11-9-7-2/h9,11,15,17,21,23,27,29,57-58H,6-8,10,12-14,16,18-20,22,24-26,28,30-56H2,1-5H3/b11-9+,17-15+,23-21+,29-27+. The fourth-order valence-corrected chi connectivity index (χ4v) is 8.77. The molecule has 8 heteroatoms. The number of carboxylic acids is 1. The Labute approximate surface area is 426 Å². The maximum absolute atomic E-state index is 12.8. The summed E-state index contributed by atoms with van der Waals surface area (Å²) in [4.78, 5) is 37.2. The van der Waals surface area contributed by atoms with Gasteiger partial charge in [0.15, 0.2) is 6.10 Å². The quantitative estimate of drug-likeness (QED) is 0.0259. The van der Waals surface area contributed by atoms with E-state index >= 15 is 0 Å². The Bertz CT molecular complexity index is 1270. The van der Waals surface area contributed by atoms with Crippen LogP contribution in [0.1, 0.15) is 271 Å². The number of ether oxygens (including phenoxy) is 3. The van der Waals surface area contributed by atoms with Crippen LogP contribution in [-0.4, -0.2) is 75.5 Å². The molecule has 0 aromatic heterocycles. The lowest BCUT2D eigenvalue weighted by Gasteiger charge is -2.34. The third-order valence-corrected chi connectivity index (χ3v) is 13.2. The van der Waals surface area contributed by atoms with Crippen LogP contribution in [0.3, 0.4) is 0 Å². The van der Waals surface area contributed by atoms with E-state index in [0.717, 1.165) is 70.6 Å². The first kappa shape index (κ1) is 66.3. The van der Waals surface area contributed by atoms with Crippen molar-refractivity contribution in [1.29, 1.82) is 0 Å². The van der Waals surface area contributed by atoms with Crippen molar-refractivity contribution in [3.63, 3.8) is 0 Å². The fraction of sp³-hybridized carbons (Fsp3) is 0.820. The summed E-state index contributed by atoms with van der Waals surface area (Å²) in [6.07, 6.45) is 64.4. The minimum atomic E-state index is -1.12. The highest BCUT2D eigenvalue weighted by molar-refractivity contribution is 5.70. The molecule has 0 N–H and O–H groups in total. The Morgan fingerprint density at radius 3 is 1.20 bits per heavy atom. The number of rotatable bonds is 53. The minimum absolute atomic E-state index is 0.0405. The van der Waals surface area contributed by atoms with Crippen LogP contribution in [-0.2, 0) is 28.6 Å². The number of quaternary nitrogens is 1. The Morgan fingerprint density at radius 1 is 0.449 bits per heavy atom. The maximum atomic E-state index is 12.8. The third kappa shape index (κ3) is 50.0. The fourth-order valence-electron chi connectivity index (χ4n) is 8.77. The van der Waals surface area contributed by atoms with Gasteiger partial charge in [0, 0.05) is 19.3 Å². The van der Waals surface area contributed by atoms with Gasteiger partial charge in [-0.3, -0.25) is 9.59 Å². The highest BCUT2D eigenvalue weighted by Gasteiger charge is 2.25. The zero-order valence-electron chi connectivity index (χ0n) is 46.0. The molecule has 2 unspecified atom stereocenters. The van der Waals surface area contributed by atoms with Crippen molar-refractivity contribution in [3.8, 4) is 0 Å². The molecular formula is C61H111NO7. The van der Waals surface area contributed by atoms with E-state index in [1.807, 2.05) is 21.1 Å². The van der Waals surface area contributed by atoms with Crippen molar-refractivity contribution in [1.82, 2.24) is 0 Å². The number of nitrogens with zero attached hydrogens (tertiary/aromatic N) is 1. The number of hydrogen-bond donors (Lipinski definition) is 0. The second kappa shape index (κ2) is 51.6. The average molecular weight is 971 g/mol. The second-order valence-corrected chi connectivity index (χ2v) is 20.9. The molecule has 69 heavy (non-hydrogen) atoms. The van der Waals surface area contributed by atoms with Crippen molar-refractivity contribution in [2.45, 2.75) is 283 Å². The van der Waals surface area contributed by atoms with Gasteiger partial charge in [-0.05, 0) is 51.4 Å². The van der Waals surface area contributed by atoms with E-state index in [-0.39, 0.29) is 42.7 Å². The lowest BCUT2D eigenvalue weighted by molar-refractivity contribution is -0.889. The number of unbranched alkanes of at least 4 members (excludes halogenated alkanes) is 31. The smallest absolute Gasteiger partial charge is 0.306 e. The summed E-state index contributed by atoms with van der Waals surface area (Å²) in [5.74, 6) is -1.73. The molecule has 0 amide bonds. The summed E-state index contributed by atoms with van der Waals surface area (Å²) in [7, 11) is 5.43. The Kier molecular flexibility index (Phi) is 49.6. The number of carboxylic acid groups (broad SMARTS) is 1. The number of aliphatic carboxylic acids is 1. The molecule has 0 heterocycles. The molecule has 0 saturated heterocycles. The SMILES string of the molecule is CC/C=C/C/C=C/C/C=C/C/C=C/CCCCCCCCCCCC(=O)OC(COCCC(C(=O)[O-])[N+](C)(C)C)COC(=O)CCCCCCCCCCCCCCCCCCCCCCCCC. The van der Waals surface area contributed by atoms with Crippen molar-refractivity contribution >= 4 is 17.9 Å². The van der Waals surface area contributed by atoms with Gasteiger partial charge in [0.05, 0.1) is 40.3 Å². The van der Waals surface area contributed by atoms with Crippen LogP contribution in [0.25, 0.3) is 0 Å². The van der Waals surface area contributed by atoms with Gasteiger partial charge >= 0.3 is 11.9 Å². The van der Waals surface area contributed by atoms with Crippen LogP contribution in [0.4, 0.5) is 0 Å². The molecule has 0 rings (SSSR count). The maximum Gasteiger partial charge on any atom is 0.306 e. The highest BCUT2D eigenvalue weighted by atomic mass is 16.6. The van der Waals surface area contributed by atoms with Gasteiger partial charge in [-0.1, -0.05) is 249 Å². The number of carbonyl (C=O) groups excluding carboxylic acids is 3.